The number of carbonyl (C=O) groups excluding carboxylic acids is 2. The molecule has 1 heterocycles. The zero-order chi connectivity index (χ0) is 19.2. The summed E-state index contributed by atoms with van der Waals surface area (Å²) in [7, 11) is 1.62. The van der Waals surface area contributed by atoms with Crippen molar-refractivity contribution in [3.05, 3.63) is 36.0 Å². The number of amides is 2. The third-order valence-corrected chi connectivity index (χ3v) is 4.07. The Labute approximate surface area is 157 Å². The van der Waals surface area contributed by atoms with Crippen LogP contribution in [0.3, 0.4) is 0 Å². The minimum absolute atomic E-state index is 0.00652. The van der Waals surface area contributed by atoms with Gasteiger partial charge in [-0.2, -0.15) is 4.98 Å². The summed E-state index contributed by atoms with van der Waals surface area (Å²) in [4.78, 5) is 31.3. The Morgan fingerprint density at radius 3 is 2.52 bits per heavy atom. The molecule has 2 amide bonds. The lowest BCUT2D eigenvalue weighted by atomic mass is 10.2. The molecular weight excluding hydrogens is 346 g/mol. The second kappa shape index (κ2) is 8.35. The van der Waals surface area contributed by atoms with E-state index in [2.05, 4.69) is 31.2 Å². The smallest absolute Gasteiger partial charge is 0.254 e. The Morgan fingerprint density at radius 1 is 1.19 bits per heavy atom. The van der Waals surface area contributed by atoms with Crippen LogP contribution in [-0.4, -0.2) is 41.4 Å². The van der Waals surface area contributed by atoms with Gasteiger partial charge in [-0.15, -0.1) is 0 Å². The number of nitrogens with two attached hydrogens (primary N) is 1. The van der Waals surface area contributed by atoms with Gasteiger partial charge >= 0.3 is 0 Å². The Hall–Kier alpha value is -3.36. The van der Waals surface area contributed by atoms with E-state index in [0.29, 0.717) is 30.8 Å². The first-order valence-corrected chi connectivity index (χ1v) is 8.80. The molecule has 1 aliphatic carbocycles. The van der Waals surface area contributed by atoms with E-state index in [9.17, 15) is 9.59 Å². The Bertz CT molecular complexity index is 819. The third-order valence-electron chi connectivity index (χ3n) is 4.07. The molecule has 0 saturated heterocycles. The van der Waals surface area contributed by atoms with Crippen LogP contribution in [0.25, 0.3) is 0 Å². The highest BCUT2D eigenvalue weighted by atomic mass is 16.1. The number of rotatable bonds is 9. The molecule has 1 aromatic heterocycles. The lowest BCUT2D eigenvalue weighted by Crippen LogP contribution is -2.20. The molecule has 142 valence electrons. The maximum atomic E-state index is 11.5. The van der Waals surface area contributed by atoms with Crippen molar-refractivity contribution in [3.63, 3.8) is 0 Å². The van der Waals surface area contributed by atoms with E-state index in [-0.39, 0.29) is 11.5 Å². The van der Waals surface area contributed by atoms with Gasteiger partial charge in [0.1, 0.15) is 5.82 Å². The van der Waals surface area contributed by atoms with Crippen LogP contribution in [0.5, 0.6) is 0 Å². The highest BCUT2D eigenvalue weighted by Gasteiger charge is 2.24. The first kappa shape index (κ1) is 18.4. The summed E-state index contributed by atoms with van der Waals surface area (Å²) in [5.74, 6) is 0.267. The molecule has 9 heteroatoms. The summed E-state index contributed by atoms with van der Waals surface area (Å²) >= 11 is 0. The van der Waals surface area contributed by atoms with Crippen LogP contribution in [-0.2, 0) is 4.79 Å². The minimum atomic E-state index is -0.558. The lowest BCUT2D eigenvalue weighted by Gasteiger charge is -2.11. The topological polar surface area (TPSA) is 134 Å². The average Bonchev–Trinajstić information content (AvgIpc) is 3.47. The first-order valence-electron chi connectivity index (χ1n) is 8.80. The molecule has 1 saturated carbocycles. The van der Waals surface area contributed by atoms with E-state index in [0.717, 1.165) is 24.2 Å². The molecule has 9 nitrogen and oxygen atoms in total. The van der Waals surface area contributed by atoms with Crippen LogP contribution in [0.4, 0.5) is 23.1 Å². The molecular formula is C18H23N7O2. The van der Waals surface area contributed by atoms with Gasteiger partial charge in [0.25, 0.3) is 5.91 Å². The molecule has 2 aromatic rings. The number of benzene rings is 1. The van der Waals surface area contributed by atoms with Crippen LogP contribution in [0.1, 0.15) is 29.6 Å². The summed E-state index contributed by atoms with van der Waals surface area (Å²) in [5, 5.41) is 12.1. The second-order valence-corrected chi connectivity index (χ2v) is 6.29. The molecule has 6 N–H and O–H groups in total. The average molecular weight is 369 g/mol. The quantitative estimate of drug-likeness (QED) is 0.451. The van der Waals surface area contributed by atoms with E-state index in [1.807, 2.05) is 24.3 Å². The number of nitrogens with zero attached hydrogens (tertiary/aromatic N) is 2. The number of carbonyl (C=O) groups is 2. The summed E-state index contributed by atoms with van der Waals surface area (Å²) in [6.07, 6.45) is 3.95. The monoisotopic (exact) mass is 369 g/mol. The van der Waals surface area contributed by atoms with E-state index in [1.54, 1.807) is 7.05 Å². The van der Waals surface area contributed by atoms with E-state index >= 15 is 0 Å². The highest BCUT2D eigenvalue weighted by Crippen LogP contribution is 2.26. The van der Waals surface area contributed by atoms with E-state index in [1.165, 1.54) is 6.20 Å². The van der Waals surface area contributed by atoms with Gasteiger partial charge < -0.3 is 27.0 Å². The van der Waals surface area contributed by atoms with Crippen molar-refractivity contribution >= 4 is 35.0 Å². The van der Waals surface area contributed by atoms with Crippen LogP contribution in [0, 0.1) is 0 Å². The SMILES string of the molecule is CNC(=O)CCNc1ccc(Nc2ncc(C(N)=O)c(NC3CC3)n2)cc1. The minimum Gasteiger partial charge on any atom is -0.385 e. The number of hydrogen-bond acceptors (Lipinski definition) is 7. The molecule has 0 bridgehead atoms. The summed E-state index contributed by atoms with van der Waals surface area (Å²) in [6, 6.07) is 7.88. The van der Waals surface area contributed by atoms with Crippen LogP contribution in [0.15, 0.2) is 30.5 Å². The van der Waals surface area contributed by atoms with E-state index in [4.69, 9.17) is 5.73 Å². The van der Waals surface area contributed by atoms with Crippen molar-refractivity contribution in [2.45, 2.75) is 25.3 Å². The zero-order valence-corrected chi connectivity index (χ0v) is 15.1. The molecule has 27 heavy (non-hydrogen) atoms. The molecule has 0 aliphatic heterocycles. The third kappa shape index (κ3) is 5.30. The van der Waals surface area contributed by atoms with Gasteiger partial charge in [0, 0.05) is 43.6 Å². The van der Waals surface area contributed by atoms with Crippen molar-refractivity contribution in [3.8, 4) is 0 Å². The Morgan fingerprint density at radius 2 is 1.89 bits per heavy atom. The van der Waals surface area contributed by atoms with Gasteiger partial charge in [-0.3, -0.25) is 9.59 Å². The molecule has 0 radical (unpaired) electrons. The van der Waals surface area contributed by atoms with Gasteiger partial charge in [-0.1, -0.05) is 0 Å². The van der Waals surface area contributed by atoms with Crippen LogP contribution in [0.2, 0.25) is 0 Å². The normalized spacial score (nSPS) is 12.9. The van der Waals surface area contributed by atoms with Crippen molar-refractivity contribution in [2.24, 2.45) is 5.73 Å². The number of anilines is 4. The molecule has 0 spiro atoms. The van der Waals surface area contributed by atoms with Crippen molar-refractivity contribution in [2.75, 3.05) is 29.5 Å². The zero-order valence-electron chi connectivity index (χ0n) is 15.1. The van der Waals surface area contributed by atoms with Gasteiger partial charge in [-0.25, -0.2) is 4.98 Å². The number of primary amides is 1. The maximum absolute atomic E-state index is 11.5. The standard InChI is InChI=1S/C18H23N7O2/c1-20-15(26)8-9-21-11-2-4-13(5-3-11)24-18-22-10-14(16(19)27)17(25-18)23-12-6-7-12/h2-5,10,12,21H,6-9H2,1H3,(H2,19,27)(H,20,26)(H2,22,23,24,25). The lowest BCUT2D eigenvalue weighted by molar-refractivity contribution is -0.120. The fraction of sp³-hybridized carbons (Fsp3) is 0.333. The van der Waals surface area contributed by atoms with Crippen LogP contribution < -0.4 is 27.0 Å². The maximum Gasteiger partial charge on any atom is 0.254 e. The fourth-order valence-electron chi connectivity index (χ4n) is 2.40. The summed E-state index contributed by atoms with van der Waals surface area (Å²) in [6.45, 7) is 0.556. The summed E-state index contributed by atoms with van der Waals surface area (Å²) < 4.78 is 0. The predicted molar refractivity (Wildman–Crippen MR) is 104 cm³/mol. The molecule has 1 aromatic carbocycles. The number of hydrogen-bond donors (Lipinski definition) is 5. The molecule has 1 aliphatic rings. The molecule has 3 rings (SSSR count). The number of nitrogens with one attached hydrogen (secondary N) is 4. The second-order valence-electron chi connectivity index (χ2n) is 6.29. The van der Waals surface area contributed by atoms with Gasteiger partial charge in [-0.05, 0) is 37.1 Å². The Kier molecular flexibility index (Phi) is 5.70. The van der Waals surface area contributed by atoms with Crippen molar-refractivity contribution in [1.29, 1.82) is 0 Å². The van der Waals surface area contributed by atoms with E-state index < -0.39 is 5.91 Å². The summed E-state index contributed by atoms with van der Waals surface area (Å²) in [5.41, 5.74) is 7.38. The van der Waals surface area contributed by atoms with Crippen molar-refractivity contribution < 1.29 is 9.59 Å². The number of aromatic nitrogens is 2. The van der Waals surface area contributed by atoms with Crippen molar-refractivity contribution in [1.82, 2.24) is 15.3 Å². The highest BCUT2D eigenvalue weighted by molar-refractivity contribution is 5.97. The van der Waals surface area contributed by atoms with Gasteiger partial charge in [0.2, 0.25) is 11.9 Å². The van der Waals surface area contributed by atoms with Gasteiger partial charge in [0.05, 0.1) is 5.56 Å². The Balaban J connectivity index is 1.62. The van der Waals surface area contributed by atoms with Gasteiger partial charge in [0.15, 0.2) is 0 Å². The largest absolute Gasteiger partial charge is 0.385 e. The molecule has 0 unspecified atom stereocenters. The predicted octanol–water partition coefficient (Wildman–Crippen LogP) is 1.44. The fourth-order valence-corrected chi connectivity index (χ4v) is 2.40. The molecule has 0 atom stereocenters. The van der Waals surface area contributed by atoms with Crippen LogP contribution >= 0.6 is 0 Å². The first-order chi connectivity index (χ1) is 13.0. The molecule has 1 fully saturated rings.